The Bertz CT molecular complexity index is 433. The van der Waals surface area contributed by atoms with E-state index in [9.17, 15) is 4.79 Å². The van der Waals surface area contributed by atoms with Crippen LogP contribution in [0.25, 0.3) is 0 Å². The van der Waals surface area contributed by atoms with Crippen LogP contribution in [0.1, 0.15) is 36.9 Å². The lowest BCUT2D eigenvalue weighted by Crippen LogP contribution is -2.42. The summed E-state index contributed by atoms with van der Waals surface area (Å²) in [5.74, 6) is -0.342. The molecule has 1 aromatic heterocycles. The summed E-state index contributed by atoms with van der Waals surface area (Å²) in [6.07, 6.45) is -0.125. The molecule has 1 atom stereocenters. The summed E-state index contributed by atoms with van der Waals surface area (Å²) in [5, 5.41) is 12.0. The van der Waals surface area contributed by atoms with E-state index in [2.05, 4.69) is 29.1 Å². The molecule has 1 unspecified atom stereocenters. The van der Waals surface area contributed by atoms with Gasteiger partial charge in [0.15, 0.2) is 0 Å². The van der Waals surface area contributed by atoms with Gasteiger partial charge in [0.05, 0.1) is 29.8 Å². The van der Waals surface area contributed by atoms with Gasteiger partial charge in [-0.05, 0) is 0 Å². The monoisotopic (exact) mass is 284 g/mol. The lowest BCUT2D eigenvalue weighted by molar-refractivity contribution is -0.142. The van der Waals surface area contributed by atoms with Gasteiger partial charge in [-0.2, -0.15) is 0 Å². The zero-order valence-electron chi connectivity index (χ0n) is 11.3. The molecule has 106 valence electrons. The van der Waals surface area contributed by atoms with Gasteiger partial charge in [-0.1, -0.05) is 13.8 Å². The van der Waals surface area contributed by atoms with Crippen molar-refractivity contribution in [3.63, 3.8) is 0 Å². The number of hydrogen-bond acceptors (Lipinski definition) is 5. The molecule has 0 saturated carbocycles. The van der Waals surface area contributed by atoms with Gasteiger partial charge in [-0.25, -0.2) is 4.98 Å². The third kappa shape index (κ3) is 4.26. The van der Waals surface area contributed by atoms with Gasteiger partial charge in [-0.3, -0.25) is 9.69 Å². The smallest absolute Gasteiger partial charge is 0.306 e. The van der Waals surface area contributed by atoms with Crippen molar-refractivity contribution in [3.8, 4) is 0 Å². The molecule has 0 amide bonds. The van der Waals surface area contributed by atoms with Crippen LogP contribution in [0.15, 0.2) is 5.38 Å². The van der Waals surface area contributed by atoms with Crippen LogP contribution in [0.2, 0.25) is 0 Å². The Morgan fingerprint density at radius 1 is 1.68 bits per heavy atom. The normalized spacial score (nSPS) is 20.9. The van der Waals surface area contributed by atoms with E-state index >= 15 is 0 Å². The minimum Gasteiger partial charge on any atom is -0.481 e. The summed E-state index contributed by atoms with van der Waals surface area (Å²) in [7, 11) is 0. The van der Waals surface area contributed by atoms with Gasteiger partial charge >= 0.3 is 5.97 Å². The predicted molar refractivity (Wildman–Crippen MR) is 73.5 cm³/mol. The van der Waals surface area contributed by atoms with Crippen molar-refractivity contribution in [1.82, 2.24) is 9.88 Å². The van der Waals surface area contributed by atoms with E-state index in [0.29, 0.717) is 19.1 Å². The second-order valence-electron chi connectivity index (χ2n) is 5.16. The number of rotatable bonds is 5. The van der Waals surface area contributed by atoms with Crippen LogP contribution in [0.4, 0.5) is 0 Å². The Kier molecular flexibility index (Phi) is 4.90. The van der Waals surface area contributed by atoms with E-state index in [-0.39, 0.29) is 12.5 Å². The summed E-state index contributed by atoms with van der Waals surface area (Å²) in [6.45, 7) is 7.16. The van der Waals surface area contributed by atoms with Crippen LogP contribution in [0.3, 0.4) is 0 Å². The van der Waals surface area contributed by atoms with Gasteiger partial charge in [0.1, 0.15) is 0 Å². The first-order chi connectivity index (χ1) is 9.04. The maximum atomic E-state index is 10.7. The van der Waals surface area contributed by atoms with E-state index in [0.717, 1.165) is 23.8 Å². The van der Waals surface area contributed by atoms with Crippen molar-refractivity contribution in [3.05, 3.63) is 16.1 Å². The van der Waals surface area contributed by atoms with Crippen molar-refractivity contribution in [2.45, 2.75) is 38.8 Å². The number of thiazole rings is 1. The largest absolute Gasteiger partial charge is 0.481 e. The summed E-state index contributed by atoms with van der Waals surface area (Å²) >= 11 is 1.69. The van der Waals surface area contributed by atoms with Crippen LogP contribution in [0.5, 0.6) is 0 Å². The quantitative estimate of drug-likeness (QED) is 0.895. The van der Waals surface area contributed by atoms with Gasteiger partial charge in [0.2, 0.25) is 0 Å². The molecule has 6 heteroatoms. The number of morpholine rings is 1. The zero-order valence-corrected chi connectivity index (χ0v) is 12.2. The highest BCUT2D eigenvalue weighted by Crippen LogP contribution is 2.20. The van der Waals surface area contributed by atoms with Crippen LogP contribution >= 0.6 is 11.3 Å². The average molecular weight is 284 g/mol. The van der Waals surface area contributed by atoms with E-state index in [4.69, 9.17) is 9.84 Å². The number of carbonyl (C=O) groups is 1. The molecule has 19 heavy (non-hydrogen) atoms. The Morgan fingerprint density at radius 2 is 2.47 bits per heavy atom. The summed E-state index contributed by atoms with van der Waals surface area (Å²) in [6, 6.07) is 0. The first-order valence-electron chi connectivity index (χ1n) is 6.54. The number of aliphatic carboxylic acids is 1. The molecule has 1 fully saturated rings. The summed E-state index contributed by atoms with van der Waals surface area (Å²) in [4.78, 5) is 17.5. The minimum atomic E-state index is -0.803. The van der Waals surface area contributed by atoms with Crippen LogP contribution in [0, 0.1) is 0 Å². The third-order valence-electron chi connectivity index (χ3n) is 3.07. The van der Waals surface area contributed by atoms with Gasteiger partial charge in [-0.15, -0.1) is 11.3 Å². The molecule has 0 aliphatic carbocycles. The van der Waals surface area contributed by atoms with Crippen molar-refractivity contribution >= 4 is 17.3 Å². The molecule has 1 aliphatic rings. The molecule has 0 radical (unpaired) electrons. The van der Waals surface area contributed by atoms with Crippen LogP contribution < -0.4 is 0 Å². The zero-order chi connectivity index (χ0) is 13.8. The molecule has 1 aromatic rings. The fourth-order valence-corrected chi connectivity index (χ4v) is 2.96. The molecular weight excluding hydrogens is 264 g/mol. The maximum absolute atomic E-state index is 10.7. The predicted octanol–water partition coefficient (Wildman–Crippen LogP) is 1.94. The number of carboxylic acid groups (broad SMARTS) is 1. The molecule has 0 bridgehead atoms. The number of carboxylic acids is 1. The first kappa shape index (κ1) is 14.4. The third-order valence-corrected chi connectivity index (χ3v) is 4.27. The second-order valence-corrected chi connectivity index (χ2v) is 6.05. The topological polar surface area (TPSA) is 62.7 Å². The molecule has 2 rings (SSSR count). The van der Waals surface area contributed by atoms with Crippen molar-refractivity contribution in [2.75, 3.05) is 19.7 Å². The fourth-order valence-electron chi connectivity index (χ4n) is 2.13. The lowest BCUT2D eigenvalue weighted by atomic mass is 10.2. The van der Waals surface area contributed by atoms with Crippen molar-refractivity contribution in [1.29, 1.82) is 0 Å². The highest BCUT2D eigenvalue weighted by Gasteiger charge is 2.23. The molecule has 2 heterocycles. The maximum Gasteiger partial charge on any atom is 0.306 e. The molecule has 5 nitrogen and oxygen atoms in total. The van der Waals surface area contributed by atoms with Crippen molar-refractivity contribution in [2.24, 2.45) is 0 Å². The SMILES string of the molecule is CC(C)c1nc(CN2CCOC(CC(=O)O)C2)cs1. The molecule has 0 spiro atoms. The van der Waals surface area contributed by atoms with Gasteiger partial charge < -0.3 is 9.84 Å². The van der Waals surface area contributed by atoms with Crippen LogP contribution in [-0.2, 0) is 16.1 Å². The number of nitrogens with zero attached hydrogens (tertiary/aromatic N) is 2. The number of ether oxygens (including phenoxy) is 1. The Labute approximate surface area is 117 Å². The second kappa shape index (κ2) is 6.45. The fraction of sp³-hybridized carbons (Fsp3) is 0.692. The van der Waals surface area contributed by atoms with Crippen LogP contribution in [-0.4, -0.2) is 46.8 Å². The first-order valence-corrected chi connectivity index (χ1v) is 7.42. The van der Waals surface area contributed by atoms with E-state index in [1.165, 1.54) is 0 Å². The highest BCUT2D eigenvalue weighted by atomic mass is 32.1. The molecule has 1 saturated heterocycles. The van der Waals surface area contributed by atoms with E-state index < -0.39 is 5.97 Å². The van der Waals surface area contributed by atoms with E-state index in [1.807, 2.05) is 0 Å². The Morgan fingerprint density at radius 3 is 3.11 bits per heavy atom. The molecule has 1 aliphatic heterocycles. The Balaban J connectivity index is 1.89. The summed E-state index contributed by atoms with van der Waals surface area (Å²) in [5.41, 5.74) is 1.07. The molecular formula is C13H20N2O3S. The minimum absolute atomic E-state index is 0.0742. The molecule has 1 N–H and O–H groups in total. The van der Waals surface area contributed by atoms with Crippen molar-refractivity contribution < 1.29 is 14.6 Å². The van der Waals surface area contributed by atoms with Gasteiger partial charge in [0, 0.05) is 30.9 Å². The van der Waals surface area contributed by atoms with E-state index in [1.54, 1.807) is 11.3 Å². The molecule has 0 aromatic carbocycles. The standard InChI is InChI=1S/C13H20N2O3S/c1-9(2)13-14-10(8-19-13)6-15-3-4-18-11(7-15)5-12(16)17/h8-9,11H,3-7H2,1-2H3,(H,16,17). The summed E-state index contributed by atoms with van der Waals surface area (Å²) < 4.78 is 5.46. The number of aromatic nitrogens is 1. The Hall–Kier alpha value is -0.980. The van der Waals surface area contributed by atoms with Gasteiger partial charge in [0.25, 0.3) is 0 Å². The number of hydrogen-bond donors (Lipinski definition) is 1. The lowest BCUT2D eigenvalue weighted by Gasteiger charge is -2.31. The average Bonchev–Trinajstić information content (AvgIpc) is 2.77. The highest BCUT2D eigenvalue weighted by molar-refractivity contribution is 7.09.